The number of nitrogens with zero attached hydrogens (tertiary/aromatic N) is 3. The van der Waals surface area contributed by atoms with E-state index in [4.69, 9.17) is 0 Å². The quantitative estimate of drug-likeness (QED) is 0.884. The van der Waals surface area contributed by atoms with Crippen molar-refractivity contribution >= 4 is 11.6 Å². The lowest BCUT2D eigenvalue weighted by atomic mass is 10.0. The van der Waals surface area contributed by atoms with Gasteiger partial charge in [0.05, 0.1) is 24.1 Å². The van der Waals surface area contributed by atoms with Crippen molar-refractivity contribution in [3.05, 3.63) is 36.7 Å². The highest BCUT2D eigenvalue weighted by Gasteiger charge is 2.20. The monoisotopic (exact) mass is 271 g/mol. The number of carbonyl (C=O) groups is 1. The van der Waals surface area contributed by atoms with E-state index in [0.29, 0.717) is 0 Å². The summed E-state index contributed by atoms with van der Waals surface area (Å²) in [7, 11) is 0. The molecule has 0 spiro atoms. The molecule has 2 N–H and O–H groups in total. The van der Waals surface area contributed by atoms with Gasteiger partial charge in [-0.15, -0.1) is 5.10 Å². The number of benzene rings is 1. The molecule has 6 heteroatoms. The fourth-order valence-electron chi connectivity index (χ4n) is 2.35. The second kappa shape index (κ2) is 5.83. The molecule has 1 atom stereocenters. The molecule has 2 heterocycles. The van der Waals surface area contributed by atoms with E-state index in [1.54, 1.807) is 17.1 Å². The molecule has 2 aromatic rings. The van der Waals surface area contributed by atoms with Crippen LogP contribution in [0.4, 0.5) is 5.69 Å². The Bertz CT molecular complexity index is 558. The first-order valence-corrected chi connectivity index (χ1v) is 6.84. The van der Waals surface area contributed by atoms with Gasteiger partial charge in [-0.1, -0.05) is 11.6 Å². The summed E-state index contributed by atoms with van der Waals surface area (Å²) >= 11 is 0. The molecule has 1 unspecified atom stereocenters. The first-order valence-electron chi connectivity index (χ1n) is 6.84. The number of amides is 1. The number of anilines is 1. The van der Waals surface area contributed by atoms with Crippen molar-refractivity contribution in [3.63, 3.8) is 0 Å². The normalized spacial score (nSPS) is 18.7. The summed E-state index contributed by atoms with van der Waals surface area (Å²) < 4.78 is 1.67. The zero-order chi connectivity index (χ0) is 13.8. The first-order chi connectivity index (χ1) is 9.83. The van der Waals surface area contributed by atoms with E-state index in [0.717, 1.165) is 37.2 Å². The zero-order valence-electron chi connectivity index (χ0n) is 11.1. The van der Waals surface area contributed by atoms with E-state index in [1.807, 2.05) is 24.3 Å². The van der Waals surface area contributed by atoms with E-state index in [1.165, 1.54) is 0 Å². The maximum Gasteiger partial charge on any atom is 0.241 e. The van der Waals surface area contributed by atoms with Crippen molar-refractivity contribution in [2.75, 3.05) is 11.9 Å². The lowest BCUT2D eigenvalue weighted by Crippen LogP contribution is -2.43. The number of rotatable bonds is 3. The van der Waals surface area contributed by atoms with E-state index in [2.05, 4.69) is 20.9 Å². The Morgan fingerprint density at radius 3 is 2.80 bits per heavy atom. The third-order valence-electron chi connectivity index (χ3n) is 3.45. The van der Waals surface area contributed by atoms with Crippen molar-refractivity contribution < 1.29 is 4.79 Å². The Kier molecular flexibility index (Phi) is 3.73. The van der Waals surface area contributed by atoms with Crippen LogP contribution >= 0.6 is 0 Å². The van der Waals surface area contributed by atoms with Crippen LogP contribution in [0.3, 0.4) is 0 Å². The molecule has 3 rings (SSSR count). The van der Waals surface area contributed by atoms with Crippen LogP contribution in [0, 0.1) is 0 Å². The summed E-state index contributed by atoms with van der Waals surface area (Å²) in [6.45, 7) is 0.920. The minimum absolute atomic E-state index is 0.0400. The van der Waals surface area contributed by atoms with Crippen LogP contribution in [0.25, 0.3) is 5.69 Å². The second-order valence-corrected chi connectivity index (χ2v) is 4.89. The van der Waals surface area contributed by atoms with E-state index in [-0.39, 0.29) is 11.9 Å². The molecule has 0 aliphatic carbocycles. The molecule has 1 amide bonds. The second-order valence-electron chi connectivity index (χ2n) is 4.89. The fourth-order valence-corrected chi connectivity index (χ4v) is 2.35. The van der Waals surface area contributed by atoms with Crippen molar-refractivity contribution in [2.45, 2.75) is 25.3 Å². The smallest absolute Gasteiger partial charge is 0.241 e. The molecule has 1 saturated heterocycles. The standard InChI is InChI=1S/C14H17N5O/c20-14(13-3-1-2-8-15-13)17-11-4-6-12(7-5-11)19-10-9-16-18-19/h4-7,9-10,13,15H,1-3,8H2,(H,17,20). The lowest BCUT2D eigenvalue weighted by Gasteiger charge is -2.22. The van der Waals surface area contributed by atoms with Crippen LogP contribution in [0.1, 0.15) is 19.3 Å². The molecule has 0 radical (unpaired) electrons. The van der Waals surface area contributed by atoms with Gasteiger partial charge in [0.15, 0.2) is 0 Å². The van der Waals surface area contributed by atoms with Gasteiger partial charge in [0.2, 0.25) is 5.91 Å². The number of aromatic nitrogens is 3. The Balaban J connectivity index is 1.64. The Morgan fingerprint density at radius 2 is 2.15 bits per heavy atom. The van der Waals surface area contributed by atoms with Crippen LogP contribution in [0.2, 0.25) is 0 Å². The van der Waals surface area contributed by atoms with Gasteiger partial charge in [-0.25, -0.2) is 4.68 Å². The average molecular weight is 271 g/mol. The number of piperidine rings is 1. The summed E-state index contributed by atoms with van der Waals surface area (Å²) in [4.78, 5) is 12.1. The van der Waals surface area contributed by atoms with Gasteiger partial charge in [0, 0.05) is 5.69 Å². The highest BCUT2D eigenvalue weighted by Crippen LogP contribution is 2.14. The van der Waals surface area contributed by atoms with Crippen LogP contribution in [0.5, 0.6) is 0 Å². The first kappa shape index (κ1) is 12.8. The fraction of sp³-hybridized carbons (Fsp3) is 0.357. The van der Waals surface area contributed by atoms with Crippen molar-refractivity contribution in [3.8, 4) is 5.69 Å². The van der Waals surface area contributed by atoms with Crippen molar-refractivity contribution in [1.29, 1.82) is 0 Å². The summed E-state index contributed by atoms with van der Waals surface area (Å²) in [5, 5.41) is 13.9. The molecular weight excluding hydrogens is 254 g/mol. The van der Waals surface area contributed by atoms with Crippen molar-refractivity contribution in [2.24, 2.45) is 0 Å². The van der Waals surface area contributed by atoms with E-state index in [9.17, 15) is 4.79 Å². The molecular formula is C14H17N5O. The summed E-state index contributed by atoms with van der Waals surface area (Å²) in [5.74, 6) is 0.0400. The summed E-state index contributed by atoms with van der Waals surface area (Å²) in [6.07, 6.45) is 6.57. The van der Waals surface area contributed by atoms with Gasteiger partial charge in [-0.2, -0.15) is 0 Å². The van der Waals surface area contributed by atoms with Crippen LogP contribution in [-0.4, -0.2) is 33.5 Å². The van der Waals surface area contributed by atoms with Gasteiger partial charge < -0.3 is 10.6 Å². The average Bonchev–Trinajstić information content (AvgIpc) is 3.03. The third kappa shape index (κ3) is 2.85. The Morgan fingerprint density at radius 1 is 1.30 bits per heavy atom. The third-order valence-corrected chi connectivity index (χ3v) is 3.45. The van der Waals surface area contributed by atoms with E-state index >= 15 is 0 Å². The molecule has 20 heavy (non-hydrogen) atoms. The number of hydrogen-bond donors (Lipinski definition) is 2. The molecule has 1 aromatic carbocycles. The van der Waals surface area contributed by atoms with Crippen LogP contribution < -0.4 is 10.6 Å². The zero-order valence-corrected chi connectivity index (χ0v) is 11.1. The van der Waals surface area contributed by atoms with Gasteiger partial charge in [0.1, 0.15) is 0 Å². The van der Waals surface area contributed by atoms with Gasteiger partial charge in [0.25, 0.3) is 0 Å². The van der Waals surface area contributed by atoms with Crippen molar-refractivity contribution in [1.82, 2.24) is 20.3 Å². The number of nitrogens with one attached hydrogen (secondary N) is 2. The molecule has 0 bridgehead atoms. The lowest BCUT2D eigenvalue weighted by molar-refractivity contribution is -0.118. The number of carbonyl (C=O) groups excluding carboxylic acids is 1. The SMILES string of the molecule is O=C(Nc1ccc(-n2ccnn2)cc1)C1CCCCN1. The Labute approximate surface area is 117 Å². The maximum absolute atomic E-state index is 12.1. The largest absolute Gasteiger partial charge is 0.325 e. The highest BCUT2D eigenvalue weighted by atomic mass is 16.2. The minimum Gasteiger partial charge on any atom is -0.325 e. The van der Waals surface area contributed by atoms with Crippen LogP contribution in [0.15, 0.2) is 36.7 Å². The van der Waals surface area contributed by atoms with Gasteiger partial charge in [-0.3, -0.25) is 4.79 Å². The topological polar surface area (TPSA) is 71.8 Å². The predicted octanol–water partition coefficient (Wildman–Crippen LogP) is 1.35. The van der Waals surface area contributed by atoms with Crippen LogP contribution in [-0.2, 0) is 4.79 Å². The summed E-state index contributed by atoms with van der Waals surface area (Å²) in [5.41, 5.74) is 1.71. The minimum atomic E-state index is -0.0706. The highest BCUT2D eigenvalue weighted by molar-refractivity contribution is 5.94. The molecule has 104 valence electrons. The molecule has 1 aromatic heterocycles. The maximum atomic E-state index is 12.1. The van der Waals surface area contributed by atoms with Gasteiger partial charge >= 0.3 is 0 Å². The predicted molar refractivity (Wildman–Crippen MR) is 75.6 cm³/mol. The number of hydrogen-bond acceptors (Lipinski definition) is 4. The molecule has 1 fully saturated rings. The van der Waals surface area contributed by atoms with Gasteiger partial charge in [-0.05, 0) is 43.7 Å². The Hall–Kier alpha value is -2.21. The molecule has 1 aliphatic heterocycles. The summed E-state index contributed by atoms with van der Waals surface area (Å²) in [6, 6.07) is 7.48. The molecule has 0 saturated carbocycles. The molecule has 6 nitrogen and oxygen atoms in total. The van der Waals surface area contributed by atoms with E-state index < -0.39 is 0 Å². The molecule has 1 aliphatic rings.